The fourth-order valence-corrected chi connectivity index (χ4v) is 3.71. The van der Waals surface area contributed by atoms with E-state index >= 15 is 0 Å². The molecule has 5 nitrogen and oxygen atoms in total. The van der Waals surface area contributed by atoms with Gasteiger partial charge in [0, 0.05) is 18.1 Å². The van der Waals surface area contributed by atoms with Gasteiger partial charge in [-0.05, 0) is 44.9 Å². The number of ether oxygens (including phenoxy) is 1. The minimum Gasteiger partial charge on any atom is -0.463 e. The standard InChI is InChI=1S/C16H24N2O3/c1-18-12-4-3-5-13(18)9-11(8-12)17-10-14-6-7-15(21-14)16(19)20-2/h6-7,11-13,17H,3-5,8-10H2,1-2H3. The van der Waals surface area contributed by atoms with Crippen molar-refractivity contribution in [3.05, 3.63) is 23.7 Å². The summed E-state index contributed by atoms with van der Waals surface area (Å²) in [5, 5.41) is 3.58. The molecule has 2 fully saturated rings. The first-order valence-corrected chi connectivity index (χ1v) is 7.79. The molecule has 5 heteroatoms. The van der Waals surface area contributed by atoms with E-state index in [1.807, 2.05) is 6.07 Å². The van der Waals surface area contributed by atoms with Gasteiger partial charge in [-0.3, -0.25) is 0 Å². The number of esters is 1. The van der Waals surface area contributed by atoms with Crippen molar-refractivity contribution in [1.29, 1.82) is 0 Å². The Morgan fingerprint density at radius 2 is 2.10 bits per heavy atom. The highest BCUT2D eigenvalue weighted by molar-refractivity contribution is 5.86. The number of hydrogen-bond donors (Lipinski definition) is 1. The van der Waals surface area contributed by atoms with Crippen LogP contribution in [0.25, 0.3) is 0 Å². The van der Waals surface area contributed by atoms with Crippen LogP contribution in [0.15, 0.2) is 16.5 Å². The second-order valence-electron chi connectivity index (χ2n) is 6.21. The van der Waals surface area contributed by atoms with Gasteiger partial charge in [-0.2, -0.15) is 0 Å². The van der Waals surface area contributed by atoms with Crippen molar-refractivity contribution in [3.63, 3.8) is 0 Å². The number of fused-ring (bicyclic) bond motifs is 2. The maximum absolute atomic E-state index is 11.4. The molecular weight excluding hydrogens is 268 g/mol. The fourth-order valence-electron chi connectivity index (χ4n) is 3.71. The SMILES string of the molecule is COC(=O)c1ccc(CNC2CC3CCCC(C2)N3C)o1. The minimum atomic E-state index is -0.421. The van der Waals surface area contributed by atoms with E-state index in [4.69, 9.17) is 4.42 Å². The maximum Gasteiger partial charge on any atom is 0.373 e. The van der Waals surface area contributed by atoms with Crippen molar-refractivity contribution in [2.45, 2.75) is 56.8 Å². The Morgan fingerprint density at radius 1 is 1.38 bits per heavy atom. The van der Waals surface area contributed by atoms with Crippen molar-refractivity contribution < 1.29 is 13.9 Å². The molecule has 1 N–H and O–H groups in total. The summed E-state index contributed by atoms with van der Waals surface area (Å²) in [6.07, 6.45) is 6.42. The van der Waals surface area contributed by atoms with Crippen LogP contribution in [0.4, 0.5) is 0 Å². The van der Waals surface area contributed by atoms with Gasteiger partial charge in [0.25, 0.3) is 0 Å². The van der Waals surface area contributed by atoms with Gasteiger partial charge in [0.1, 0.15) is 5.76 Å². The Bertz CT molecular complexity index is 485. The van der Waals surface area contributed by atoms with Gasteiger partial charge < -0.3 is 19.4 Å². The molecule has 2 aliphatic heterocycles. The molecule has 0 aliphatic carbocycles. The second-order valence-corrected chi connectivity index (χ2v) is 6.21. The quantitative estimate of drug-likeness (QED) is 0.862. The first kappa shape index (κ1) is 14.6. The summed E-state index contributed by atoms with van der Waals surface area (Å²) in [6, 6.07) is 5.50. The first-order chi connectivity index (χ1) is 10.2. The third kappa shape index (κ3) is 3.14. The van der Waals surface area contributed by atoms with E-state index in [2.05, 4.69) is 22.0 Å². The van der Waals surface area contributed by atoms with E-state index in [0.29, 0.717) is 12.6 Å². The lowest BCUT2D eigenvalue weighted by atomic mass is 9.82. The summed E-state index contributed by atoms with van der Waals surface area (Å²) in [6.45, 7) is 0.671. The predicted octanol–water partition coefficient (Wildman–Crippen LogP) is 2.17. The van der Waals surface area contributed by atoms with E-state index < -0.39 is 5.97 Å². The van der Waals surface area contributed by atoms with Crippen LogP contribution in [0.1, 0.15) is 48.4 Å². The zero-order chi connectivity index (χ0) is 14.8. The molecule has 2 saturated heterocycles. The number of nitrogens with zero attached hydrogens (tertiary/aromatic N) is 1. The van der Waals surface area contributed by atoms with Crippen LogP contribution >= 0.6 is 0 Å². The highest BCUT2D eigenvalue weighted by Gasteiger charge is 2.35. The Balaban J connectivity index is 1.53. The molecule has 1 aromatic heterocycles. The predicted molar refractivity (Wildman–Crippen MR) is 79.1 cm³/mol. The lowest BCUT2D eigenvalue weighted by Gasteiger charge is -2.47. The molecule has 2 unspecified atom stereocenters. The molecule has 0 aromatic carbocycles. The van der Waals surface area contributed by atoms with Crippen LogP contribution in [-0.2, 0) is 11.3 Å². The van der Waals surface area contributed by atoms with Crippen LogP contribution in [0.5, 0.6) is 0 Å². The molecule has 0 radical (unpaired) electrons. The van der Waals surface area contributed by atoms with Crippen LogP contribution < -0.4 is 5.32 Å². The van der Waals surface area contributed by atoms with Crippen LogP contribution in [0.3, 0.4) is 0 Å². The van der Waals surface area contributed by atoms with Crippen LogP contribution in [0.2, 0.25) is 0 Å². The Morgan fingerprint density at radius 3 is 2.76 bits per heavy atom. The fraction of sp³-hybridized carbons (Fsp3) is 0.688. The maximum atomic E-state index is 11.4. The number of methoxy groups -OCH3 is 1. The second kappa shape index (κ2) is 6.20. The van der Waals surface area contributed by atoms with Gasteiger partial charge in [0.15, 0.2) is 0 Å². The number of hydrogen-bond acceptors (Lipinski definition) is 5. The number of carbonyl (C=O) groups is 1. The summed E-state index contributed by atoms with van der Waals surface area (Å²) in [7, 11) is 3.62. The summed E-state index contributed by atoms with van der Waals surface area (Å²) in [5.74, 6) is 0.643. The number of carbonyl (C=O) groups excluding carboxylic acids is 1. The lowest BCUT2D eigenvalue weighted by Crippen LogP contribution is -2.54. The molecule has 0 spiro atoms. The van der Waals surface area contributed by atoms with Gasteiger partial charge in [0.05, 0.1) is 13.7 Å². The Kier molecular flexibility index (Phi) is 4.31. The number of piperidine rings is 2. The van der Waals surface area contributed by atoms with Crippen molar-refractivity contribution >= 4 is 5.97 Å². The first-order valence-electron chi connectivity index (χ1n) is 7.79. The highest BCUT2D eigenvalue weighted by atomic mass is 16.5. The lowest BCUT2D eigenvalue weighted by molar-refractivity contribution is 0.0476. The zero-order valence-electron chi connectivity index (χ0n) is 12.8. The van der Waals surface area contributed by atoms with Crippen molar-refractivity contribution in [2.75, 3.05) is 14.2 Å². The summed E-state index contributed by atoms with van der Waals surface area (Å²) in [4.78, 5) is 13.9. The smallest absolute Gasteiger partial charge is 0.373 e. The molecule has 116 valence electrons. The average Bonchev–Trinajstić information content (AvgIpc) is 2.93. The molecule has 3 rings (SSSR count). The molecule has 0 amide bonds. The molecular formula is C16H24N2O3. The van der Waals surface area contributed by atoms with Crippen molar-refractivity contribution in [1.82, 2.24) is 10.2 Å². The minimum absolute atomic E-state index is 0.273. The average molecular weight is 292 g/mol. The summed E-state index contributed by atoms with van der Waals surface area (Å²) >= 11 is 0. The topological polar surface area (TPSA) is 54.7 Å². The Labute approximate surface area is 125 Å². The molecule has 3 heterocycles. The van der Waals surface area contributed by atoms with E-state index in [1.165, 1.54) is 39.2 Å². The van der Waals surface area contributed by atoms with Gasteiger partial charge >= 0.3 is 5.97 Å². The van der Waals surface area contributed by atoms with Crippen molar-refractivity contribution in [3.8, 4) is 0 Å². The van der Waals surface area contributed by atoms with Gasteiger partial charge in [0.2, 0.25) is 5.76 Å². The number of nitrogens with one attached hydrogen (secondary N) is 1. The van der Waals surface area contributed by atoms with E-state index in [9.17, 15) is 4.79 Å². The molecule has 2 bridgehead atoms. The third-order valence-electron chi connectivity index (χ3n) is 4.95. The zero-order valence-corrected chi connectivity index (χ0v) is 12.8. The van der Waals surface area contributed by atoms with Gasteiger partial charge in [-0.15, -0.1) is 0 Å². The summed E-state index contributed by atoms with van der Waals surface area (Å²) < 4.78 is 10.1. The Hall–Kier alpha value is -1.33. The molecule has 0 saturated carbocycles. The van der Waals surface area contributed by atoms with Crippen molar-refractivity contribution in [2.24, 2.45) is 0 Å². The molecule has 2 aliphatic rings. The van der Waals surface area contributed by atoms with E-state index in [0.717, 1.165) is 17.8 Å². The molecule has 21 heavy (non-hydrogen) atoms. The van der Waals surface area contributed by atoms with Crippen LogP contribution in [-0.4, -0.2) is 43.2 Å². The van der Waals surface area contributed by atoms with Crippen LogP contribution in [0, 0.1) is 0 Å². The third-order valence-corrected chi connectivity index (χ3v) is 4.95. The highest BCUT2D eigenvalue weighted by Crippen LogP contribution is 2.32. The number of furan rings is 1. The van der Waals surface area contributed by atoms with Gasteiger partial charge in [-0.25, -0.2) is 4.79 Å². The van der Waals surface area contributed by atoms with Gasteiger partial charge in [-0.1, -0.05) is 6.42 Å². The molecule has 1 aromatic rings. The largest absolute Gasteiger partial charge is 0.463 e. The normalized spacial score (nSPS) is 29.3. The monoisotopic (exact) mass is 292 g/mol. The summed E-state index contributed by atoms with van der Waals surface area (Å²) in [5.41, 5.74) is 0. The molecule has 2 atom stereocenters. The van der Waals surface area contributed by atoms with E-state index in [-0.39, 0.29) is 5.76 Å². The van der Waals surface area contributed by atoms with E-state index in [1.54, 1.807) is 6.07 Å². The number of rotatable bonds is 4.